The van der Waals surface area contributed by atoms with Crippen LogP contribution in [0.3, 0.4) is 0 Å². The highest BCUT2D eigenvalue weighted by molar-refractivity contribution is 6.32. The quantitative estimate of drug-likeness (QED) is 0.571. The molecular weight excluding hydrogens is 382 g/mol. The van der Waals surface area contributed by atoms with Gasteiger partial charge in [-0.2, -0.15) is 5.10 Å². The summed E-state index contributed by atoms with van der Waals surface area (Å²) in [7, 11) is 1.51. The molecule has 0 aliphatic carbocycles. The predicted molar refractivity (Wildman–Crippen MR) is 106 cm³/mol. The molecule has 3 heterocycles. The molecule has 3 aromatic heterocycles. The van der Waals surface area contributed by atoms with Gasteiger partial charge >= 0.3 is 0 Å². The summed E-state index contributed by atoms with van der Waals surface area (Å²) in [5, 5.41) is 7.45. The predicted octanol–water partition coefficient (Wildman–Crippen LogP) is 2.65. The molecule has 0 spiro atoms. The van der Waals surface area contributed by atoms with Crippen LogP contribution in [-0.2, 0) is 11.3 Å². The third kappa shape index (κ3) is 3.07. The third-order valence-corrected chi connectivity index (χ3v) is 4.59. The van der Waals surface area contributed by atoms with E-state index in [4.69, 9.17) is 16.3 Å². The van der Waals surface area contributed by atoms with E-state index < -0.39 is 0 Å². The van der Waals surface area contributed by atoms with E-state index >= 15 is 0 Å². The molecule has 8 nitrogen and oxygen atoms in total. The smallest absolute Gasteiger partial charge is 0.277 e. The normalized spacial score (nSPS) is 11.1. The largest absolute Gasteiger partial charge is 0.495 e. The lowest BCUT2D eigenvalue weighted by molar-refractivity contribution is -0.116. The lowest BCUT2D eigenvalue weighted by atomic mass is 10.3. The van der Waals surface area contributed by atoms with Crippen molar-refractivity contribution in [1.82, 2.24) is 19.2 Å². The topological polar surface area (TPSA) is 90.5 Å². The number of anilines is 1. The van der Waals surface area contributed by atoms with Crippen LogP contribution in [0.15, 0.2) is 47.4 Å². The molecule has 0 bridgehead atoms. The molecule has 4 aromatic rings. The van der Waals surface area contributed by atoms with Crippen LogP contribution in [0.4, 0.5) is 5.69 Å². The first-order chi connectivity index (χ1) is 13.5. The Hall–Kier alpha value is -3.39. The number of hydrogen-bond donors (Lipinski definition) is 1. The molecule has 1 N–H and O–H groups in total. The number of halogens is 1. The van der Waals surface area contributed by atoms with Crippen molar-refractivity contribution in [3.8, 4) is 5.75 Å². The van der Waals surface area contributed by atoms with Crippen LogP contribution in [0.5, 0.6) is 5.75 Å². The van der Waals surface area contributed by atoms with E-state index in [1.165, 1.54) is 16.2 Å². The average Bonchev–Trinajstić information content (AvgIpc) is 3.07. The number of aromatic nitrogens is 4. The number of amides is 1. The van der Waals surface area contributed by atoms with Crippen LogP contribution >= 0.6 is 11.6 Å². The number of pyridine rings is 1. The molecule has 1 amide bonds. The van der Waals surface area contributed by atoms with Crippen LogP contribution < -0.4 is 15.6 Å². The molecule has 0 fully saturated rings. The van der Waals surface area contributed by atoms with Crippen molar-refractivity contribution in [3.63, 3.8) is 0 Å². The maximum atomic E-state index is 12.9. The van der Waals surface area contributed by atoms with Crippen molar-refractivity contribution in [2.24, 2.45) is 0 Å². The number of hydrogen-bond acceptors (Lipinski definition) is 5. The van der Waals surface area contributed by atoms with Crippen molar-refractivity contribution >= 4 is 39.9 Å². The zero-order chi connectivity index (χ0) is 19.8. The second-order valence-corrected chi connectivity index (χ2v) is 6.62. The van der Waals surface area contributed by atoms with Crippen molar-refractivity contribution in [1.29, 1.82) is 0 Å². The monoisotopic (exact) mass is 397 g/mol. The summed E-state index contributed by atoms with van der Waals surface area (Å²) < 4.78 is 7.99. The fraction of sp³-hybridized carbons (Fsp3) is 0.158. The van der Waals surface area contributed by atoms with E-state index in [2.05, 4.69) is 15.4 Å². The fourth-order valence-electron chi connectivity index (χ4n) is 3.07. The van der Waals surface area contributed by atoms with Crippen LogP contribution in [-0.4, -0.2) is 32.2 Å². The standard InChI is InChI=1S/C19H16ClN5O3/c1-11-8-15-19(27)24(14-4-3-7-21-18(14)25(15)23-11)10-17(26)22-12-5-6-16(28-2)13(20)9-12/h3-9H,10H2,1-2H3,(H,22,26). The number of carbonyl (C=O) groups excluding carboxylic acids is 1. The van der Waals surface area contributed by atoms with Crippen molar-refractivity contribution < 1.29 is 9.53 Å². The average molecular weight is 398 g/mol. The van der Waals surface area contributed by atoms with E-state index in [1.54, 1.807) is 49.5 Å². The summed E-state index contributed by atoms with van der Waals surface area (Å²) in [6.45, 7) is 1.62. The molecule has 0 unspecified atom stereocenters. The molecule has 0 aliphatic heterocycles. The van der Waals surface area contributed by atoms with Crippen molar-refractivity contribution in [2.75, 3.05) is 12.4 Å². The number of benzene rings is 1. The molecule has 142 valence electrons. The summed E-state index contributed by atoms with van der Waals surface area (Å²) in [5.41, 5.74) is 2.27. The number of carbonyl (C=O) groups is 1. The molecule has 0 radical (unpaired) electrons. The van der Waals surface area contributed by atoms with Gasteiger partial charge in [0.2, 0.25) is 5.91 Å². The fourth-order valence-corrected chi connectivity index (χ4v) is 3.33. The summed E-state index contributed by atoms with van der Waals surface area (Å²) in [4.78, 5) is 29.9. The number of nitrogens with one attached hydrogen (secondary N) is 1. The Morgan fingerprint density at radius 3 is 2.82 bits per heavy atom. The summed E-state index contributed by atoms with van der Waals surface area (Å²) in [5.74, 6) is 0.142. The molecule has 4 rings (SSSR count). The van der Waals surface area contributed by atoms with Crippen LogP contribution in [0.2, 0.25) is 5.02 Å². The molecular formula is C19H16ClN5O3. The zero-order valence-electron chi connectivity index (χ0n) is 15.1. The van der Waals surface area contributed by atoms with Crippen LogP contribution in [0.25, 0.3) is 16.7 Å². The van der Waals surface area contributed by atoms with Crippen molar-refractivity contribution in [2.45, 2.75) is 13.5 Å². The molecule has 0 saturated carbocycles. The first kappa shape index (κ1) is 18.0. The Bertz CT molecular complexity index is 1280. The van der Waals surface area contributed by atoms with Gasteiger partial charge in [-0.25, -0.2) is 9.50 Å². The van der Waals surface area contributed by atoms with Gasteiger partial charge < -0.3 is 10.1 Å². The second-order valence-electron chi connectivity index (χ2n) is 6.22. The van der Waals surface area contributed by atoms with Gasteiger partial charge in [0.1, 0.15) is 17.8 Å². The Labute approximate surface area is 164 Å². The van der Waals surface area contributed by atoms with E-state index in [1.807, 2.05) is 0 Å². The minimum atomic E-state index is -0.367. The first-order valence-electron chi connectivity index (χ1n) is 8.45. The summed E-state index contributed by atoms with van der Waals surface area (Å²) in [6.07, 6.45) is 1.62. The number of aryl methyl sites for hydroxylation is 1. The number of methoxy groups -OCH3 is 1. The molecule has 28 heavy (non-hydrogen) atoms. The highest BCUT2D eigenvalue weighted by Crippen LogP contribution is 2.27. The maximum absolute atomic E-state index is 12.9. The number of ether oxygens (including phenoxy) is 1. The van der Waals surface area contributed by atoms with Gasteiger partial charge in [-0.1, -0.05) is 11.6 Å². The molecule has 0 aliphatic rings. The highest BCUT2D eigenvalue weighted by atomic mass is 35.5. The number of rotatable bonds is 4. The third-order valence-electron chi connectivity index (χ3n) is 4.29. The molecule has 9 heteroatoms. The Kier molecular flexibility index (Phi) is 4.48. The van der Waals surface area contributed by atoms with E-state index in [-0.39, 0.29) is 18.0 Å². The second kappa shape index (κ2) is 6.97. The van der Waals surface area contributed by atoms with Crippen LogP contribution in [0, 0.1) is 6.92 Å². The van der Waals surface area contributed by atoms with E-state index in [0.29, 0.717) is 38.8 Å². The molecule has 0 atom stereocenters. The van der Waals surface area contributed by atoms with Gasteiger partial charge in [-0.05, 0) is 43.3 Å². The summed E-state index contributed by atoms with van der Waals surface area (Å²) >= 11 is 6.09. The lowest BCUT2D eigenvalue weighted by Crippen LogP contribution is -2.29. The maximum Gasteiger partial charge on any atom is 0.277 e. The minimum Gasteiger partial charge on any atom is -0.495 e. The zero-order valence-corrected chi connectivity index (χ0v) is 15.9. The Balaban J connectivity index is 1.72. The Morgan fingerprint density at radius 2 is 2.07 bits per heavy atom. The van der Waals surface area contributed by atoms with Gasteiger partial charge in [-0.3, -0.25) is 14.2 Å². The number of fused-ring (bicyclic) bond motifs is 3. The first-order valence-corrected chi connectivity index (χ1v) is 8.83. The molecule has 0 saturated heterocycles. The number of nitrogens with zero attached hydrogens (tertiary/aromatic N) is 4. The van der Waals surface area contributed by atoms with Gasteiger partial charge in [0, 0.05) is 11.9 Å². The van der Waals surface area contributed by atoms with Crippen LogP contribution in [0.1, 0.15) is 5.69 Å². The van der Waals surface area contributed by atoms with Gasteiger partial charge in [0.05, 0.1) is 23.3 Å². The van der Waals surface area contributed by atoms with E-state index in [0.717, 1.165) is 0 Å². The van der Waals surface area contributed by atoms with Gasteiger partial charge in [0.25, 0.3) is 5.56 Å². The van der Waals surface area contributed by atoms with Gasteiger partial charge in [0.15, 0.2) is 5.65 Å². The van der Waals surface area contributed by atoms with Gasteiger partial charge in [-0.15, -0.1) is 0 Å². The van der Waals surface area contributed by atoms with Crippen molar-refractivity contribution in [3.05, 3.63) is 63.7 Å². The SMILES string of the molecule is COc1ccc(NC(=O)Cn2c(=O)c3cc(C)nn3c3ncccc32)cc1Cl. The lowest BCUT2D eigenvalue weighted by Gasteiger charge is -2.12. The molecule has 1 aromatic carbocycles. The van der Waals surface area contributed by atoms with E-state index in [9.17, 15) is 9.59 Å². The highest BCUT2D eigenvalue weighted by Gasteiger charge is 2.16. The summed E-state index contributed by atoms with van der Waals surface area (Å²) in [6, 6.07) is 10.0. The minimum absolute atomic E-state index is 0.175. The Morgan fingerprint density at radius 1 is 1.25 bits per heavy atom.